The smallest absolute Gasteiger partial charge is 0.151 e. The zero-order valence-corrected chi connectivity index (χ0v) is 16.3. The Kier molecular flexibility index (Phi) is 4.53. The van der Waals surface area contributed by atoms with Gasteiger partial charge in [-0.25, -0.2) is 21.6 Å². The molecule has 1 heterocycles. The quantitative estimate of drug-likeness (QED) is 0.653. The summed E-state index contributed by atoms with van der Waals surface area (Å²) in [5.74, 6) is -1.97. The number of hydrogen-bond donors (Lipinski definition) is 1. The maximum Gasteiger partial charge on any atom is 0.151 e. The van der Waals surface area contributed by atoms with Gasteiger partial charge >= 0.3 is 0 Å². The number of aromatic amines is 1. The van der Waals surface area contributed by atoms with E-state index in [1.165, 1.54) is 24.3 Å². The molecule has 0 aliphatic heterocycles. The fraction of sp³-hybridized carbons (Fsp3) is 0.333. The van der Waals surface area contributed by atoms with Crippen LogP contribution in [0.3, 0.4) is 0 Å². The molecule has 1 aromatic heterocycles. The van der Waals surface area contributed by atoms with E-state index in [-0.39, 0.29) is 17.6 Å². The van der Waals surface area contributed by atoms with Crippen molar-refractivity contribution in [3.8, 4) is 0 Å². The molecule has 0 spiro atoms. The van der Waals surface area contributed by atoms with Gasteiger partial charge in [0.15, 0.2) is 9.84 Å². The van der Waals surface area contributed by atoms with Crippen LogP contribution in [0.4, 0.5) is 13.2 Å². The molecule has 1 fully saturated rings. The largest absolute Gasteiger partial charge is 0.361 e. The fourth-order valence-corrected chi connectivity index (χ4v) is 4.93. The molecule has 7 heteroatoms. The summed E-state index contributed by atoms with van der Waals surface area (Å²) in [6.45, 7) is 2.06. The Bertz CT molecular complexity index is 1170. The first-order valence-corrected chi connectivity index (χ1v) is 11.1. The maximum absolute atomic E-state index is 14.6. The van der Waals surface area contributed by atoms with Crippen LogP contribution in [0, 0.1) is 29.3 Å². The second kappa shape index (κ2) is 6.65. The molecule has 0 saturated heterocycles. The number of H-pyrrole nitrogens is 1. The van der Waals surface area contributed by atoms with Crippen molar-refractivity contribution in [3.63, 3.8) is 0 Å². The van der Waals surface area contributed by atoms with Gasteiger partial charge in [-0.3, -0.25) is 0 Å². The number of halogens is 3. The Morgan fingerprint density at radius 3 is 2.43 bits per heavy atom. The second-order valence-corrected chi connectivity index (χ2v) is 9.96. The summed E-state index contributed by atoms with van der Waals surface area (Å²) in [6.07, 6.45) is 3.67. The highest BCUT2D eigenvalue weighted by molar-refractivity contribution is 7.89. The van der Waals surface area contributed by atoms with Crippen LogP contribution in [0.15, 0.2) is 36.5 Å². The van der Waals surface area contributed by atoms with Crippen LogP contribution in [0.2, 0.25) is 0 Å². The lowest BCUT2D eigenvalue weighted by Gasteiger charge is -2.18. The zero-order chi connectivity index (χ0) is 20.2. The molecular formula is C21H20F3NO2S. The Balaban J connectivity index is 1.90. The van der Waals surface area contributed by atoms with Crippen LogP contribution < -0.4 is 0 Å². The average molecular weight is 407 g/mol. The van der Waals surface area contributed by atoms with Crippen molar-refractivity contribution in [2.75, 3.05) is 6.26 Å². The molecule has 1 aliphatic carbocycles. The van der Waals surface area contributed by atoms with Crippen molar-refractivity contribution < 1.29 is 21.6 Å². The predicted molar refractivity (Wildman–Crippen MR) is 102 cm³/mol. The number of hydrogen-bond acceptors (Lipinski definition) is 2. The van der Waals surface area contributed by atoms with Crippen LogP contribution in [-0.2, 0) is 15.6 Å². The van der Waals surface area contributed by atoms with Crippen molar-refractivity contribution in [1.29, 1.82) is 0 Å². The van der Waals surface area contributed by atoms with E-state index in [1.807, 2.05) is 0 Å². The molecule has 28 heavy (non-hydrogen) atoms. The van der Waals surface area contributed by atoms with Crippen molar-refractivity contribution in [1.82, 2.24) is 4.98 Å². The van der Waals surface area contributed by atoms with E-state index < -0.39 is 27.3 Å². The van der Waals surface area contributed by atoms with Crippen molar-refractivity contribution in [2.45, 2.75) is 25.0 Å². The monoisotopic (exact) mass is 407 g/mol. The molecule has 1 aliphatic rings. The summed E-state index contributed by atoms with van der Waals surface area (Å²) < 4.78 is 65.8. The highest BCUT2D eigenvalue weighted by Crippen LogP contribution is 2.53. The molecule has 4 rings (SSSR count). The molecule has 3 unspecified atom stereocenters. The third-order valence-corrected chi connectivity index (χ3v) is 6.35. The first kappa shape index (κ1) is 19.1. The molecule has 1 N–H and O–H groups in total. The van der Waals surface area contributed by atoms with Crippen LogP contribution in [0.25, 0.3) is 10.9 Å². The molecule has 0 amide bonds. The third kappa shape index (κ3) is 3.55. The van der Waals surface area contributed by atoms with Crippen molar-refractivity contribution in [3.05, 3.63) is 70.7 Å². The minimum Gasteiger partial charge on any atom is -0.361 e. The molecule has 0 bridgehead atoms. The van der Waals surface area contributed by atoms with E-state index in [9.17, 15) is 21.6 Å². The predicted octanol–water partition coefficient (Wildman–Crippen LogP) is 4.92. The minimum absolute atomic E-state index is 0.153. The second-order valence-electron chi connectivity index (χ2n) is 7.82. The Morgan fingerprint density at radius 1 is 1.11 bits per heavy atom. The van der Waals surface area contributed by atoms with Gasteiger partial charge in [0.1, 0.15) is 17.5 Å². The lowest BCUT2D eigenvalue weighted by atomic mass is 9.85. The number of sulfone groups is 1. The molecule has 148 valence electrons. The fourth-order valence-electron chi connectivity index (χ4n) is 4.14. The summed E-state index contributed by atoms with van der Waals surface area (Å²) in [5.41, 5.74) is 1.93. The number of nitrogens with one attached hydrogen (secondary N) is 1. The molecule has 2 aromatic carbocycles. The van der Waals surface area contributed by atoms with E-state index in [1.54, 1.807) is 6.20 Å². The van der Waals surface area contributed by atoms with E-state index in [0.29, 0.717) is 33.5 Å². The first-order chi connectivity index (χ1) is 13.1. The van der Waals surface area contributed by atoms with Crippen molar-refractivity contribution in [2.24, 2.45) is 11.8 Å². The summed E-state index contributed by atoms with van der Waals surface area (Å²) in [6, 6.07) is 6.07. The van der Waals surface area contributed by atoms with Crippen LogP contribution in [0.5, 0.6) is 0 Å². The maximum atomic E-state index is 14.6. The summed E-state index contributed by atoms with van der Waals surface area (Å²) in [7, 11) is -3.36. The molecule has 3 atom stereocenters. The van der Waals surface area contributed by atoms with Crippen molar-refractivity contribution >= 4 is 20.7 Å². The van der Waals surface area contributed by atoms with Gasteiger partial charge in [-0.15, -0.1) is 0 Å². The zero-order valence-electron chi connectivity index (χ0n) is 15.5. The van der Waals surface area contributed by atoms with E-state index >= 15 is 0 Å². The number of benzene rings is 2. The number of fused-ring (bicyclic) bond motifs is 1. The highest BCUT2D eigenvalue weighted by Gasteiger charge is 2.42. The standard InChI is InChI=1S/C21H20F3NO2S/c1-11-5-16(11)20(15-4-3-13(22)8-19(15)24)18-9-25-21-12(10-28(2,26)27)6-14(23)7-17(18)21/h3-4,6-9,11,16,20,25H,5,10H2,1-2H3. The van der Waals surface area contributed by atoms with Gasteiger partial charge in [0.2, 0.25) is 0 Å². The first-order valence-electron chi connectivity index (χ1n) is 9.06. The van der Waals surface area contributed by atoms with Gasteiger partial charge in [0.05, 0.1) is 11.3 Å². The average Bonchev–Trinajstić information content (AvgIpc) is 3.12. The summed E-state index contributed by atoms with van der Waals surface area (Å²) in [5, 5.41) is 0.534. The lowest BCUT2D eigenvalue weighted by Crippen LogP contribution is -2.07. The van der Waals surface area contributed by atoms with Gasteiger partial charge < -0.3 is 4.98 Å². The topological polar surface area (TPSA) is 49.9 Å². The molecule has 3 aromatic rings. The number of rotatable bonds is 5. The van der Waals surface area contributed by atoms with E-state index in [2.05, 4.69) is 11.9 Å². The van der Waals surface area contributed by atoms with Crippen LogP contribution >= 0.6 is 0 Å². The van der Waals surface area contributed by atoms with Crippen LogP contribution in [-0.4, -0.2) is 19.7 Å². The Labute approximate surface area is 161 Å². The lowest BCUT2D eigenvalue weighted by molar-refractivity contribution is 0.547. The Morgan fingerprint density at radius 2 is 1.82 bits per heavy atom. The molecule has 0 radical (unpaired) electrons. The van der Waals surface area contributed by atoms with Gasteiger partial charge in [0, 0.05) is 29.8 Å². The van der Waals surface area contributed by atoms with E-state index in [4.69, 9.17) is 0 Å². The molecular weight excluding hydrogens is 387 g/mol. The SMILES string of the molecule is CC1CC1C(c1ccc(F)cc1F)c1c[nH]c2c(CS(C)(=O)=O)cc(F)cc12. The Hall–Kier alpha value is -2.28. The molecule has 3 nitrogen and oxygen atoms in total. The normalized spacial score (nSPS) is 20.5. The summed E-state index contributed by atoms with van der Waals surface area (Å²) >= 11 is 0. The van der Waals surface area contributed by atoms with Gasteiger partial charge in [-0.05, 0) is 53.1 Å². The summed E-state index contributed by atoms with van der Waals surface area (Å²) in [4.78, 5) is 3.06. The van der Waals surface area contributed by atoms with E-state index in [0.717, 1.165) is 18.7 Å². The number of aromatic nitrogens is 1. The van der Waals surface area contributed by atoms with Gasteiger partial charge in [0.25, 0.3) is 0 Å². The minimum atomic E-state index is -3.36. The van der Waals surface area contributed by atoms with Crippen LogP contribution in [0.1, 0.15) is 36.0 Å². The van der Waals surface area contributed by atoms with Gasteiger partial charge in [-0.2, -0.15) is 0 Å². The highest BCUT2D eigenvalue weighted by atomic mass is 32.2. The molecule has 1 saturated carbocycles. The van der Waals surface area contributed by atoms with Gasteiger partial charge in [-0.1, -0.05) is 13.0 Å². The third-order valence-electron chi connectivity index (χ3n) is 5.52.